The van der Waals surface area contributed by atoms with Gasteiger partial charge in [-0.25, -0.2) is 0 Å². The van der Waals surface area contributed by atoms with Gasteiger partial charge in [0, 0.05) is 12.7 Å². The van der Waals surface area contributed by atoms with Crippen molar-refractivity contribution in [2.75, 3.05) is 17.7 Å². The molecule has 1 amide bonds. The SMILES string of the molecule is CN1C(=O)C(C)(CS(=O)(=O)O)c2cc(C#N)ccc21.[NaH]. The van der Waals surface area contributed by atoms with Crippen LogP contribution in [-0.4, -0.2) is 61.2 Å². The molecule has 1 atom stereocenters. The van der Waals surface area contributed by atoms with Crippen molar-refractivity contribution in [2.24, 2.45) is 0 Å². The number of nitriles is 1. The molecular weight excluding hydrogens is 291 g/mol. The van der Waals surface area contributed by atoms with Crippen molar-refractivity contribution < 1.29 is 17.8 Å². The fourth-order valence-electron chi connectivity index (χ4n) is 2.44. The number of anilines is 1. The Hall–Kier alpha value is -0.910. The van der Waals surface area contributed by atoms with E-state index in [1.165, 1.54) is 24.9 Å². The Morgan fingerprint density at radius 3 is 2.55 bits per heavy atom. The van der Waals surface area contributed by atoms with Crippen LogP contribution in [0.15, 0.2) is 18.2 Å². The summed E-state index contributed by atoms with van der Waals surface area (Å²) in [5.74, 6) is -1.12. The molecule has 2 rings (SSSR count). The van der Waals surface area contributed by atoms with Crippen molar-refractivity contribution >= 4 is 51.3 Å². The Bertz CT molecular complexity index is 711. The number of carbonyl (C=O) groups is 1. The fraction of sp³-hybridized carbons (Fsp3) is 0.333. The van der Waals surface area contributed by atoms with Gasteiger partial charge in [0.2, 0.25) is 5.91 Å². The summed E-state index contributed by atoms with van der Waals surface area (Å²) < 4.78 is 31.3. The van der Waals surface area contributed by atoms with Gasteiger partial charge in [0.15, 0.2) is 0 Å². The Morgan fingerprint density at radius 2 is 2.05 bits per heavy atom. The Balaban J connectivity index is 0.00000200. The number of hydrogen-bond donors (Lipinski definition) is 1. The molecule has 0 fully saturated rings. The molecule has 1 aliphatic rings. The normalized spacial score (nSPS) is 21.1. The summed E-state index contributed by atoms with van der Waals surface area (Å²) in [6, 6.07) is 6.59. The van der Waals surface area contributed by atoms with Gasteiger partial charge >= 0.3 is 29.6 Å². The maximum absolute atomic E-state index is 12.2. The van der Waals surface area contributed by atoms with E-state index in [1.54, 1.807) is 12.1 Å². The molecule has 20 heavy (non-hydrogen) atoms. The number of rotatable bonds is 2. The van der Waals surface area contributed by atoms with Crippen molar-refractivity contribution in [2.45, 2.75) is 12.3 Å². The van der Waals surface area contributed by atoms with Gasteiger partial charge in [-0.2, -0.15) is 13.7 Å². The molecule has 0 saturated heterocycles. The van der Waals surface area contributed by atoms with Crippen molar-refractivity contribution in [3.63, 3.8) is 0 Å². The molecule has 8 heteroatoms. The van der Waals surface area contributed by atoms with Gasteiger partial charge in [0.05, 0.1) is 22.8 Å². The first-order valence-corrected chi connectivity index (χ1v) is 7.08. The minimum absolute atomic E-state index is 0. The predicted octanol–water partition coefficient (Wildman–Crippen LogP) is 0.0317. The zero-order chi connectivity index (χ0) is 14.4. The molecule has 1 aromatic rings. The number of fused-ring (bicyclic) bond motifs is 1. The van der Waals surface area contributed by atoms with E-state index < -0.39 is 27.2 Å². The first-order chi connectivity index (χ1) is 8.69. The van der Waals surface area contributed by atoms with Crippen LogP contribution in [0.1, 0.15) is 18.1 Å². The molecule has 102 valence electrons. The molecule has 0 saturated carbocycles. The Morgan fingerprint density at radius 1 is 1.45 bits per heavy atom. The third-order valence-corrected chi connectivity index (χ3v) is 4.27. The number of amides is 1. The van der Waals surface area contributed by atoms with Gasteiger partial charge in [-0.05, 0) is 30.7 Å². The summed E-state index contributed by atoms with van der Waals surface area (Å²) in [6.45, 7) is 1.45. The molecule has 0 spiro atoms. The number of likely N-dealkylation sites (N-methyl/N-ethyl adjacent to an activating group) is 1. The van der Waals surface area contributed by atoms with E-state index >= 15 is 0 Å². The van der Waals surface area contributed by atoms with E-state index in [0.29, 0.717) is 16.8 Å². The number of benzene rings is 1. The molecule has 0 bridgehead atoms. The number of nitrogens with zero attached hydrogens (tertiary/aromatic N) is 2. The van der Waals surface area contributed by atoms with Crippen LogP contribution < -0.4 is 4.90 Å². The van der Waals surface area contributed by atoms with Crippen molar-refractivity contribution in [3.8, 4) is 6.07 Å². The van der Waals surface area contributed by atoms with Crippen molar-refractivity contribution in [3.05, 3.63) is 29.3 Å². The third kappa shape index (κ3) is 2.75. The maximum atomic E-state index is 12.2. The van der Waals surface area contributed by atoms with Crippen LogP contribution in [0.5, 0.6) is 0 Å². The predicted molar refractivity (Wildman–Crippen MR) is 75.5 cm³/mol. The average molecular weight is 304 g/mol. The van der Waals surface area contributed by atoms with Gasteiger partial charge in [0.1, 0.15) is 0 Å². The van der Waals surface area contributed by atoms with Crippen LogP contribution in [0.25, 0.3) is 0 Å². The van der Waals surface area contributed by atoms with Crippen LogP contribution in [0.4, 0.5) is 5.69 Å². The summed E-state index contributed by atoms with van der Waals surface area (Å²) in [4.78, 5) is 13.6. The van der Waals surface area contributed by atoms with E-state index in [4.69, 9.17) is 9.81 Å². The van der Waals surface area contributed by atoms with Gasteiger partial charge in [-0.15, -0.1) is 0 Å². The molecule has 0 radical (unpaired) electrons. The second-order valence-corrected chi connectivity index (χ2v) is 6.22. The fourth-order valence-corrected chi connectivity index (χ4v) is 3.45. The Labute approximate surface area is 139 Å². The molecule has 1 N–H and O–H groups in total. The third-order valence-electron chi connectivity index (χ3n) is 3.33. The standard InChI is InChI=1S/C12H12N2O4S.Na.H/c1-12(7-19(16,17)18)9-5-8(6-13)3-4-10(9)14(2)11(12)15;;/h3-5H,7H2,1-2H3,(H,16,17,18);;. The topological polar surface area (TPSA) is 98.5 Å². The van der Waals surface area contributed by atoms with Crippen LogP contribution in [0.3, 0.4) is 0 Å². The summed E-state index contributed by atoms with van der Waals surface area (Å²) in [7, 11) is -2.78. The van der Waals surface area contributed by atoms with E-state index in [2.05, 4.69) is 0 Å². The van der Waals surface area contributed by atoms with Crippen LogP contribution >= 0.6 is 0 Å². The molecule has 1 aromatic carbocycles. The Kier molecular flexibility index (Phi) is 4.69. The van der Waals surface area contributed by atoms with Crippen LogP contribution in [0.2, 0.25) is 0 Å². The van der Waals surface area contributed by atoms with Crippen LogP contribution in [0, 0.1) is 11.3 Å². The van der Waals surface area contributed by atoms with E-state index in [1.807, 2.05) is 6.07 Å². The zero-order valence-corrected chi connectivity index (χ0v) is 11.2. The molecule has 1 aliphatic heterocycles. The monoisotopic (exact) mass is 304 g/mol. The molecule has 1 heterocycles. The second-order valence-electron chi connectivity index (χ2n) is 4.77. The molecule has 6 nitrogen and oxygen atoms in total. The molecule has 0 aliphatic carbocycles. The molecular formula is C12H13N2NaO4S. The second kappa shape index (κ2) is 5.47. The summed E-state index contributed by atoms with van der Waals surface area (Å²) in [5, 5.41) is 8.89. The number of carbonyl (C=O) groups excluding carboxylic acids is 1. The molecule has 1 unspecified atom stereocenters. The van der Waals surface area contributed by atoms with Crippen LogP contribution in [-0.2, 0) is 20.3 Å². The first kappa shape index (κ1) is 17.1. The quantitative estimate of drug-likeness (QED) is 0.614. The van der Waals surface area contributed by atoms with E-state index in [0.717, 1.165) is 0 Å². The average Bonchev–Trinajstić information content (AvgIpc) is 2.49. The first-order valence-electron chi connectivity index (χ1n) is 5.47. The minimum atomic E-state index is -4.32. The number of hydrogen-bond acceptors (Lipinski definition) is 4. The van der Waals surface area contributed by atoms with Gasteiger partial charge in [-0.3, -0.25) is 9.35 Å². The van der Waals surface area contributed by atoms with Gasteiger partial charge in [0.25, 0.3) is 10.1 Å². The molecule has 0 aromatic heterocycles. The van der Waals surface area contributed by atoms with E-state index in [-0.39, 0.29) is 29.6 Å². The van der Waals surface area contributed by atoms with E-state index in [9.17, 15) is 13.2 Å². The summed E-state index contributed by atoms with van der Waals surface area (Å²) in [6.07, 6.45) is 0. The zero-order valence-electron chi connectivity index (χ0n) is 10.4. The van der Waals surface area contributed by atoms with Gasteiger partial charge in [-0.1, -0.05) is 0 Å². The van der Waals surface area contributed by atoms with Crippen molar-refractivity contribution in [1.29, 1.82) is 5.26 Å². The van der Waals surface area contributed by atoms with Gasteiger partial charge < -0.3 is 4.90 Å². The summed E-state index contributed by atoms with van der Waals surface area (Å²) in [5.41, 5.74) is -0.0416. The summed E-state index contributed by atoms with van der Waals surface area (Å²) >= 11 is 0. The van der Waals surface area contributed by atoms with Crippen molar-refractivity contribution in [1.82, 2.24) is 0 Å².